The molecule has 0 aliphatic heterocycles. The van der Waals surface area contributed by atoms with Crippen molar-refractivity contribution in [2.45, 2.75) is 33.6 Å². The Kier molecular flexibility index (Phi) is 6.75. The van der Waals surface area contributed by atoms with Gasteiger partial charge in [0.05, 0.1) is 0 Å². The van der Waals surface area contributed by atoms with E-state index in [2.05, 4.69) is 53.1 Å². The van der Waals surface area contributed by atoms with Crippen LogP contribution in [0.1, 0.15) is 32.8 Å². The summed E-state index contributed by atoms with van der Waals surface area (Å²) in [6.45, 7) is 8.88. The number of rotatable bonds is 7. The molecule has 0 saturated heterocycles. The molecule has 1 unspecified atom stereocenters. The quantitative estimate of drug-likeness (QED) is 0.831. The number of aromatic nitrogens is 1. The van der Waals surface area contributed by atoms with Crippen molar-refractivity contribution in [1.82, 2.24) is 10.3 Å². The van der Waals surface area contributed by atoms with Gasteiger partial charge >= 0.3 is 0 Å². The van der Waals surface area contributed by atoms with Crippen LogP contribution in [0.25, 0.3) is 0 Å². The highest BCUT2D eigenvalue weighted by Crippen LogP contribution is 2.18. The molecule has 2 nitrogen and oxygen atoms in total. The van der Waals surface area contributed by atoms with Crippen LogP contribution in [0, 0.1) is 11.8 Å². The third-order valence-electron chi connectivity index (χ3n) is 2.77. The first kappa shape index (κ1) is 14.7. The van der Waals surface area contributed by atoms with Crippen molar-refractivity contribution in [3.05, 3.63) is 28.5 Å². The first-order valence-electron chi connectivity index (χ1n) is 6.42. The monoisotopic (exact) mass is 298 g/mol. The number of hydrogen-bond donors (Lipinski definition) is 1. The fourth-order valence-electron chi connectivity index (χ4n) is 2.15. The van der Waals surface area contributed by atoms with Gasteiger partial charge in [0.15, 0.2) is 0 Å². The SMILES string of the molecule is CCNCC(Cc1cncc(Br)c1)CC(C)C. The largest absolute Gasteiger partial charge is 0.317 e. The van der Waals surface area contributed by atoms with Crippen LogP contribution in [0.4, 0.5) is 0 Å². The minimum atomic E-state index is 0.700. The summed E-state index contributed by atoms with van der Waals surface area (Å²) in [5.74, 6) is 1.45. The first-order valence-corrected chi connectivity index (χ1v) is 7.21. The van der Waals surface area contributed by atoms with Crippen molar-refractivity contribution in [3.8, 4) is 0 Å². The maximum absolute atomic E-state index is 4.23. The van der Waals surface area contributed by atoms with Crippen LogP contribution in [-0.2, 0) is 6.42 Å². The van der Waals surface area contributed by atoms with Crippen LogP contribution >= 0.6 is 15.9 Å². The van der Waals surface area contributed by atoms with Crippen molar-refractivity contribution < 1.29 is 0 Å². The zero-order valence-corrected chi connectivity index (χ0v) is 12.6. The normalized spacial score (nSPS) is 13.0. The Hall–Kier alpha value is -0.410. The molecule has 96 valence electrons. The van der Waals surface area contributed by atoms with Gasteiger partial charge in [-0.1, -0.05) is 20.8 Å². The van der Waals surface area contributed by atoms with E-state index in [0.717, 1.165) is 29.9 Å². The fraction of sp³-hybridized carbons (Fsp3) is 0.643. The van der Waals surface area contributed by atoms with Gasteiger partial charge in [0.25, 0.3) is 0 Å². The Morgan fingerprint density at radius 3 is 2.71 bits per heavy atom. The van der Waals surface area contributed by atoms with Gasteiger partial charge in [-0.2, -0.15) is 0 Å². The Labute approximate surface area is 113 Å². The van der Waals surface area contributed by atoms with Crippen LogP contribution in [-0.4, -0.2) is 18.1 Å². The number of nitrogens with zero attached hydrogens (tertiary/aromatic N) is 1. The molecule has 1 aromatic rings. The molecule has 0 amide bonds. The van der Waals surface area contributed by atoms with E-state index in [1.807, 2.05) is 12.4 Å². The number of halogens is 1. The summed E-state index contributed by atoms with van der Waals surface area (Å²) < 4.78 is 1.07. The van der Waals surface area contributed by atoms with Crippen molar-refractivity contribution in [2.24, 2.45) is 11.8 Å². The minimum Gasteiger partial charge on any atom is -0.317 e. The fourth-order valence-corrected chi connectivity index (χ4v) is 2.57. The van der Waals surface area contributed by atoms with E-state index in [-0.39, 0.29) is 0 Å². The van der Waals surface area contributed by atoms with Crippen LogP contribution < -0.4 is 5.32 Å². The molecule has 0 bridgehead atoms. The van der Waals surface area contributed by atoms with Gasteiger partial charge in [-0.15, -0.1) is 0 Å². The molecule has 17 heavy (non-hydrogen) atoms. The number of pyridine rings is 1. The zero-order chi connectivity index (χ0) is 12.7. The van der Waals surface area contributed by atoms with E-state index in [1.54, 1.807) is 0 Å². The summed E-state index contributed by atoms with van der Waals surface area (Å²) in [7, 11) is 0. The Balaban J connectivity index is 2.58. The van der Waals surface area contributed by atoms with E-state index in [0.29, 0.717) is 5.92 Å². The van der Waals surface area contributed by atoms with Crippen molar-refractivity contribution in [2.75, 3.05) is 13.1 Å². The molecule has 0 radical (unpaired) electrons. The number of hydrogen-bond acceptors (Lipinski definition) is 2. The predicted octanol–water partition coefficient (Wildman–Crippen LogP) is 3.66. The van der Waals surface area contributed by atoms with Crippen LogP contribution in [0.2, 0.25) is 0 Å². The summed E-state index contributed by atoms with van der Waals surface area (Å²) in [6, 6.07) is 2.17. The smallest absolute Gasteiger partial charge is 0.0410 e. The molecule has 1 N–H and O–H groups in total. The lowest BCUT2D eigenvalue weighted by atomic mass is 9.91. The second-order valence-electron chi connectivity index (χ2n) is 5.02. The van der Waals surface area contributed by atoms with Crippen molar-refractivity contribution in [1.29, 1.82) is 0 Å². The Morgan fingerprint density at radius 1 is 1.35 bits per heavy atom. The van der Waals surface area contributed by atoms with Gasteiger partial charge in [-0.05, 0) is 65.3 Å². The van der Waals surface area contributed by atoms with Gasteiger partial charge in [-0.3, -0.25) is 4.98 Å². The minimum absolute atomic E-state index is 0.700. The summed E-state index contributed by atoms with van der Waals surface area (Å²) >= 11 is 3.48. The predicted molar refractivity (Wildman–Crippen MR) is 77.1 cm³/mol. The van der Waals surface area contributed by atoms with Gasteiger partial charge < -0.3 is 5.32 Å². The average Bonchev–Trinajstić information content (AvgIpc) is 2.25. The summed E-state index contributed by atoms with van der Waals surface area (Å²) in [6.07, 6.45) is 6.19. The van der Waals surface area contributed by atoms with E-state index in [4.69, 9.17) is 0 Å². The third-order valence-corrected chi connectivity index (χ3v) is 3.21. The highest BCUT2D eigenvalue weighted by molar-refractivity contribution is 9.10. The highest BCUT2D eigenvalue weighted by atomic mass is 79.9. The average molecular weight is 299 g/mol. The lowest BCUT2D eigenvalue weighted by Gasteiger charge is -2.19. The molecule has 0 fully saturated rings. The van der Waals surface area contributed by atoms with Gasteiger partial charge in [0.2, 0.25) is 0 Å². The molecule has 1 atom stereocenters. The lowest BCUT2D eigenvalue weighted by Crippen LogP contribution is -2.25. The van der Waals surface area contributed by atoms with Gasteiger partial charge in [-0.25, -0.2) is 0 Å². The van der Waals surface area contributed by atoms with Gasteiger partial charge in [0.1, 0.15) is 0 Å². The maximum Gasteiger partial charge on any atom is 0.0410 e. The molecule has 0 saturated carbocycles. The van der Waals surface area contributed by atoms with E-state index < -0.39 is 0 Å². The van der Waals surface area contributed by atoms with E-state index >= 15 is 0 Å². The third kappa shape index (κ3) is 6.18. The Bertz CT molecular complexity index is 326. The van der Waals surface area contributed by atoms with Gasteiger partial charge in [0, 0.05) is 16.9 Å². The molecular formula is C14H23BrN2. The molecule has 1 aromatic heterocycles. The molecule has 1 rings (SSSR count). The van der Waals surface area contributed by atoms with E-state index in [9.17, 15) is 0 Å². The van der Waals surface area contributed by atoms with Crippen molar-refractivity contribution in [3.63, 3.8) is 0 Å². The van der Waals surface area contributed by atoms with Crippen LogP contribution in [0.5, 0.6) is 0 Å². The topological polar surface area (TPSA) is 24.9 Å². The Morgan fingerprint density at radius 2 is 2.12 bits per heavy atom. The standard InChI is InChI=1S/C14H23BrN2/c1-4-16-8-12(5-11(2)3)6-13-7-14(15)10-17-9-13/h7,9-12,16H,4-6,8H2,1-3H3. The molecule has 0 spiro atoms. The molecule has 0 aromatic carbocycles. The molecule has 0 aliphatic carbocycles. The zero-order valence-electron chi connectivity index (χ0n) is 11.0. The molecule has 0 aliphatic rings. The second kappa shape index (κ2) is 7.83. The number of nitrogens with one attached hydrogen (secondary N) is 1. The second-order valence-corrected chi connectivity index (χ2v) is 5.93. The lowest BCUT2D eigenvalue weighted by molar-refractivity contribution is 0.388. The summed E-state index contributed by atoms with van der Waals surface area (Å²) in [5.41, 5.74) is 1.32. The molecular weight excluding hydrogens is 276 g/mol. The summed E-state index contributed by atoms with van der Waals surface area (Å²) in [4.78, 5) is 4.23. The van der Waals surface area contributed by atoms with Crippen LogP contribution in [0.3, 0.4) is 0 Å². The highest BCUT2D eigenvalue weighted by Gasteiger charge is 2.11. The first-order chi connectivity index (χ1) is 8.11. The molecule has 1 heterocycles. The van der Waals surface area contributed by atoms with Crippen LogP contribution in [0.15, 0.2) is 22.9 Å². The van der Waals surface area contributed by atoms with E-state index in [1.165, 1.54) is 12.0 Å². The maximum atomic E-state index is 4.23. The molecule has 3 heteroatoms. The summed E-state index contributed by atoms with van der Waals surface area (Å²) in [5, 5.41) is 3.46. The van der Waals surface area contributed by atoms with Crippen molar-refractivity contribution >= 4 is 15.9 Å².